The highest BCUT2D eigenvalue weighted by Gasteiger charge is 2.29. The lowest BCUT2D eigenvalue weighted by Crippen LogP contribution is -2.46. The van der Waals surface area contributed by atoms with Crippen LogP contribution < -0.4 is 5.73 Å². The molecule has 1 saturated heterocycles. The van der Waals surface area contributed by atoms with E-state index in [0.29, 0.717) is 11.8 Å². The number of carbonyl (C=O) groups excluding carboxylic acids is 1. The van der Waals surface area contributed by atoms with Crippen LogP contribution in [0.3, 0.4) is 0 Å². The fourth-order valence-electron chi connectivity index (χ4n) is 2.46. The van der Waals surface area contributed by atoms with E-state index in [0.717, 1.165) is 25.1 Å². The number of rotatable bonds is 2. The van der Waals surface area contributed by atoms with Gasteiger partial charge in [-0.1, -0.05) is 44.2 Å². The highest BCUT2D eigenvalue weighted by Crippen LogP contribution is 2.24. The smallest absolute Gasteiger partial charge is 0.244 e. The molecule has 2 N–H and O–H groups in total. The lowest BCUT2D eigenvalue weighted by Gasteiger charge is -2.36. The third-order valence-corrected chi connectivity index (χ3v) is 4.07. The van der Waals surface area contributed by atoms with Crippen LogP contribution in [0.1, 0.15) is 31.9 Å². The molecule has 0 saturated carbocycles. The summed E-state index contributed by atoms with van der Waals surface area (Å²) >= 11 is 0. The number of likely N-dealkylation sites (tertiary alicyclic amines) is 1. The van der Waals surface area contributed by atoms with Gasteiger partial charge in [0.15, 0.2) is 0 Å². The molecule has 18 heavy (non-hydrogen) atoms. The van der Waals surface area contributed by atoms with E-state index in [-0.39, 0.29) is 5.91 Å². The Bertz CT molecular complexity index is 404. The number of benzene rings is 1. The van der Waals surface area contributed by atoms with Gasteiger partial charge in [-0.2, -0.15) is 0 Å². The number of piperidine rings is 1. The Kier molecular flexibility index (Phi) is 4.02. The molecule has 0 radical (unpaired) electrons. The standard InChI is InChI=1S/C15H22N2O/c1-11-8-9-17(10-12(11)2)15(18)14(16)13-6-4-3-5-7-13/h3-7,11-12,14H,8-10,16H2,1-2H3/t11-,12-,14+/m1/s1. The second-order valence-electron chi connectivity index (χ2n) is 5.42. The van der Waals surface area contributed by atoms with Crippen molar-refractivity contribution in [3.63, 3.8) is 0 Å². The first-order valence-corrected chi connectivity index (χ1v) is 6.69. The second-order valence-corrected chi connectivity index (χ2v) is 5.42. The predicted molar refractivity (Wildman–Crippen MR) is 72.9 cm³/mol. The Hall–Kier alpha value is -1.35. The summed E-state index contributed by atoms with van der Waals surface area (Å²) in [7, 11) is 0. The Morgan fingerprint density at radius 1 is 1.28 bits per heavy atom. The number of carbonyl (C=O) groups is 1. The van der Waals surface area contributed by atoms with Crippen molar-refractivity contribution < 1.29 is 4.79 Å². The Labute approximate surface area is 109 Å². The van der Waals surface area contributed by atoms with Gasteiger partial charge in [0.1, 0.15) is 6.04 Å². The summed E-state index contributed by atoms with van der Waals surface area (Å²) in [5, 5.41) is 0. The van der Waals surface area contributed by atoms with Gasteiger partial charge in [0.2, 0.25) is 5.91 Å². The molecule has 0 bridgehead atoms. The van der Waals surface area contributed by atoms with Gasteiger partial charge in [-0.25, -0.2) is 0 Å². The molecule has 3 atom stereocenters. The molecule has 1 aliphatic heterocycles. The maximum absolute atomic E-state index is 12.4. The minimum Gasteiger partial charge on any atom is -0.341 e. The zero-order valence-corrected chi connectivity index (χ0v) is 11.2. The first-order valence-electron chi connectivity index (χ1n) is 6.69. The molecule has 0 unspecified atom stereocenters. The molecule has 1 amide bonds. The van der Waals surface area contributed by atoms with Crippen molar-refractivity contribution in [3.05, 3.63) is 35.9 Å². The van der Waals surface area contributed by atoms with Crippen LogP contribution in [-0.2, 0) is 4.79 Å². The number of nitrogens with two attached hydrogens (primary N) is 1. The average Bonchev–Trinajstić information content (AvgIpc) is 2.41. The highest BCUT2D eigenvalue weighted by molar-refractivity contribution is 5.83. The summed E-state index contributed by atoms with van der Waals surface area (Å²) in [5.74, 6) is 1.31. The van der Waals surface area contributed by atoms with Gasteiger partial charge in [-0.05, 0) is 23.8 Å². The van der Waals surface area contributed by atoms with E-state index in [1.54, 1.807) is 0 Å². The minimum absolute atomic E-state index is 0.0555. The van der Waals surface area contributed by atoms with Crippen LogP contribution in [0, 0.1) is 11.8 Å². The van der Waals surface area contributed by atoms with E-state index in [1.807, 2.05) is 35.2 Å². The molecule has 98 valence electrons. The van der Waals surface area contributed by atoms with Crippen molar-refractivity contribution in [2.75, 3.05) is 13.1 Å². The van der Waals surface area contributed by atoms with Crippen molar-refractivity contribution in [1.29, 1.82) is 0 Å². The molecule has 1 heterocycles. The van der Waals surface area contributed by atoms with Gasteiger partial charge in [0, 0.05) is 13.1 Å². The first kappa shape index (κ1) is 13.1. The number of amides is 1. The van der Waals surface area contributed by atoms with Crippen molar-refractivity contribution in [2.24, 2.45) is 17.6 Å². The van der Waals surface area contributed by atoms with Gasteiger partial charge >= 0.3 is 0 Å². The Morgan fingerprint density at radius 2 is 1.94 bits per heavy atom. The molecule has 0 aromatic heterocycles. The molecule has 3 nitrogen and oxygen atoms in total. The molecular formula is C15H22N2O. The van der Waals surface area contributed by atoms with Crippen molar-refractivity contribution in [1.82, 2.24) is 4.90 Å². The fraction of sp³-hybridized carbons (Fsp3) is 0.533. The highest BCUT2D eigenvalue weighted by atomic mass is 16.2. The predicted octanol–water partition coefficient (Wildman–Crippen LogP) is 2.19. The van der Waals surface area contributed by atoms with E-state index in [2.05, 4.69) is 13.8 Å². The van der Waals surface area contributed by atoms with Crippen LogP contribution in [0.15, 0.2) is 30.3 Å². The lowest BCUT2D eigenvalue weighted by atomic mass is 9.88. The normalized spacial score (nSPS) is 25.8. The van der Waals surface area contributed by atoms with E-state index in [1.165, 1.54) is 0 Å². The molecule has 1 aromatic carbocycles. The second kappa shape index (κ2) is 5.53. The summed E-state index contributed by atoms with van der Waals surface area (Å²) in [4.78, 5) is 14.3. The SMILES string of the molecule is C[C@@H]1CCN(C(=O)[C@@H](N)c2ccccc2)C[C@H]1C. The van der Waals surface area contributed by atoms with Crippen molar-refractivity contribution in [2.45, 2.75) is 26.3 Å². The average molecular weight is 246 g/mol. The van der Waals surface area contributed by atoms with Crippen LogP contribution in [0.2, 0.25) is 0 Å². The molecule has 0 spiro atoms. The zero-order valence-electron chi connectivity index (χ0n) is 11.2. The Balaban J connectivity index is 2.03. The van der Waals surface area contributed by atoms with Gasteiger partial charge in [0.05, 0.1) is 0 Å². The third kappa shape index (κ3) is 2.72. The minimum atomic E-state index is -0.521. The Morgan fingerprint density at radius 3 is 2.56 bits per heavy atom. The molecule has 1 aliphatic rings. The van der Waals surface area contributed by atoms with Gasteiger partial charge in [-0.3, -0.25) is 4.79 Å². The third-order valence-electron chi connectivity index (χ3n) is 4.07. The number of hydrogen-bond acceptors (Lipinski definition) is 2. The summed E-state index contributed by atoms with van der Waals surface area (Å²) < 4.78 is 0. The van der Waals surface area contributed by atoms with Crippen LogP contribution >= 0.6 is 0 Å². The summed E-state index contributed by atoms with van der Waals surface area (Å²) in [6.45, 7) is 6.13. The van der Waals surface area contributed by atoms with Gasteiger partial charge in [0.25, 0.3) is 0 Å². The monoisotopic (exact) mass is 246 g/mol. The quantitative estimate of drug-likeness (QED) is 0.869. The van der Waals surface area contributed by atoms with Crippen molar-refractivity contribution >= 4 is 5.91 Å². The molecule has 2 rings (SSSR count). The van der Waals surface area contributed by atoms with Crippen LogP contribution in [0.25, 0.3) is 0 Å². The van der Waals surface area contributed by atoms with E-state index >= 15 is 0 Å². The summed E-state index contributed by atoms with van der Waals surface area (Å²) in [5.41, 5.74) is 6.96. The van der Waals surface area contributed by atoms with E-state index < -0.39 is 6.04 Å². The lowest BCUT2D eigenvalue weighted by molar-refractivity contribution is -0.135. The molecular weight excluding hydrogens is 224 g/mol. The van der Waals surface area contributed by atoms with Crippen LogP contribution in [-0.4, -0.2) is 23.9 Å². The largest absolute Gasteiger partial charge is 0.341 e. The summed E-state index contributed by atoms with van der Waals surface area (Å²) in [6.07, 6.45) is 1.08. The number of nitrogens with zero attached hydrogens (tertiary/aromatic N) is 1. The maximum atomic E-state index is 12.4. The summed E-state index contributed by atoms with van der Waals surface area (Å²) in [6, 6.07) is 9.08. The molecule has 0 aliphatic carbocycles. The van der Waals surface area contributed by atoms with E-state index in [9.17, 15) is 4.79 Å². The molecule has 3 heteroatoms. The van der Waals surface area contributed by atoms with Gasteiger partial charge < -0.3 is 10.6 Å². The zero-order chi connectivity index (χ0) is 13.1. The fourth-order valence-corrected chi connectivity index (χ4v) is 2.46. The molecule has 1 aromatic rings. The molecule has 1 fully saturated rings. The van der Waals surface area contributed by atoms with E-state index in [4.69, 9.17) is 5.73 Å². The first-order chi connectivity index (χ1) is 8.59. The number of hydrogen-bond donors (Lipinski definition) is 1. The van der Waals surface area contributed by atoms with Crippen LogP contribution in [0.4, 0.5) is 0 Å². The topological polar surface area (TPSA) is 46.3 Å². The maximum Gasteiger partial charge on any atom is 0.244 e. The van der Waals surface area contributed by atoms with Crippen LogP contribution in [0.5, 0.6) is 0 Å². The van der Waals surface area contributed by atoms with Gasteiger partial charge in [-0.15, -0.1) is 0 Å². The van der Waals surface area contributed by atoms with Crippen molar-refractivity contribution in [3.8, 4) is 0 Å².